The molecule has 0 spiro atoms. The van der Waals surface area contributed by atoms with Crippen molar-refractivity contribution < 1.29 is 18.8 Å². The van der Waals surface area contributed by atoms with Gasteiger partial charge in [0.15, 0.2) is 5.76 Å². The molecule has 0 bridgehead atoms. The summed E-state index contributed by atoms with van der Waals surface area (Å²) in [5.74, 6) is -0.0895. The Morgan fingerprint density at radius 1 is 1.08 bits per heavy atom. The van der Waals surface area contributed by atoms with Crippen LogP contribution in [0.1, 0.15) is 40.7 Å². The average molecular weight is 355 g/mol. The third-order valence-corrected chi connectivity index (χ3v) is 4.32. The molecule has 2 aromatic rings. The fourth-order valence-corrected chi connectivity index (χ4v) is 2.96. The van der Waals surface area contributed by atoms with Gasteiger partial charge in [0.1, 0.15) is 0 Å². The van der Waals surface area contributed by atoms with E-state index in [1.54, 1.807) is 41.3 Å². The van der Waals surface area contributed by atoms with E-state index in [0.29, 0.717) is 42.9 Å². The molecule has 0 aliphatic carbocycles. The van der Waals surface area contributed by atoms with Crippen molar-refractivity contribution in [3.05, 3.63) is 54.0 Å². The molecule has 7 nitrogen and oxygen atoms in total. The molecule has 1 saturated heterocycles. The lowest BCUT2D eigenvalue weighted by Crippen LogP contribution is -2.46. The number of hydrogen-bond acceptors (Lipinski definition) is 4. The van der Waals surface area contributed by atoms with Crippen LogP contribution in [0.25, 0.3) is 0 Å². The lowest BCUT2D eigenvalue weighted by atomic mass is 10.0. The lowest BCUT2D eigenvalue weighted by Gasteiger charge is -2.31. The first-order chi connectivity index (χ1) is 12.5. The van der Waals surface area contributed by atoms with Gasteiger partial charge in [0, 0.05) is 37.3 Å². The van der Waals surface area contributed by atoms with E-state index in [0.717, 1.165) is 0 Å². The molecule has 136 valence electrons. The predicted octanol–water partition coefficient (Wildman–Crippen LogP) is 2.27. The highest BCUT2D eigenvalue weighted by Gasteiger charge is 2.26. The zero-order chi connectivity index (χ0) is 18.5. The molecule has 1 aliphatic rings. The Balaban J connectivity index is 1.50. The number of piperidine rings is 1. The Kier molecular flexibility index (Phi) is 5.36. The van der Waals surface area contributed by atoms with Crippen molar-refractivity contribution in [3.8, 4) is 0 Å². The van der Waals surface area contributed by atoms with E-state index in [9.17, 15) is 14.4 Å². The van der Waals surface area contributed by atoms with Gasteiger partial charge in [-0.15, -0.1) is 0 Å². The van der Waals surface area contributed by atoms with Gasteiger partial charge in [0.05, 0.1) is 6.26 Å². The lowest BCUT2D eigenvalue weighted by molar-refractivity contribution is -0.114. The monoisotopic (exact) mass is 355 g/mol. The van der Waals surface area contributed by atoms with Crippen LogP contribution in [0, 0.1) is 0 Å². The van der Waals surface area contributed by atoms with Gasteiger partial charge in [0.25, 0.3) is 11.8 Å². The second-order valence-corrected chi connectivity index (χ2v) is 6.28. The number of anilines is 1. The minimum Gasteiger partial charge on any atom is -0.459 e. The second kappa shape index (κ2) is 7.86. The van der Waals surface area contributed by atoms with E-state index in [4.69, 9.17) is 4.42 Å². The maximum Gasteiger partial charge on any atom is 0.289 e. The van der Waals surface area contributed by atoms with E-state index in [1.165, 1.54) is 13.2 Å². The largest absolute Gasteiger partial charge is 0.459 e. The molecule has 3 rings (SSSR count). The van der Waals surface area contributed by atoms with Crippen molar-refractivity contribution in [1.29, 1.82) is 0 Å². The van der Waals surface area contributed by atoms with Crippen LogP contribution in [0.3, 0.4) is 0 Å². The topological polar surface area (TPSA) is 91.7 Å². The first-order valence-corrected chi connectivity index (χ1v) is 8.54. The van der Waals surface area contributed by atoms with Gasteiger partial charge in [-0.1, -0.05) is 0 Å². The molecule has 26 heavy (non-hydrogen) atoms. The smallest absolute Gasteiger partial charge is 0.289 e. The summed E-state index contributed by atoms with van der Waals surface area (Å²) >= 11 is 0. The van der Waals surface area contributed by atoms with E-state index in [-0.39, 0.29) is 23.8 Å². The average Bonchev–Trinajstić information content (AvgIpc) is 3.16. The Bertz CT molecular complexity index is 776. The third-order valence-electron chi connectivity index (χ3n) is 4.32. The van der Waals surface area contributed by atoms with Crippen LogP contribution in [-0.4, -0.2) is 41.8 Å². The fourth-order valence-electron chi connectivity index (χ4n) is 2.96. The van der Waals surface area contributed by atoms with Crippen molar-refractivity contribution >= 4 is 23.4 Å². The summed E-state index contributed by atoms with van der Waals surface area (Å²) in [5.41, 5.74) is 1.19. The number of nitrogens with zero attached hydrogens (tertiary/aromatic N) is 1. The number of nitrogens with one attached hydrogen (secondary N) is 2. The molecule has 7 heteroatoms. The number of rotatable bonds is 4. The van der Waals surface area contributed by atoms with Crippen LogP contribution < -0.4 is 10.6 Å². The SMILES string of the molecule is CC(=O)Nc1ccc(C(=O)NC2CCN(C(=O)c3ccco3)CC2)cc1. The molecule has 0 atom stereocenters. The molecule has 1 fully saturated rings. The first-order valence-electron chi connectivity index (χ1n) is 8.54. The molecule has 0 saturated carbocycles. The zero-order valence-corrected chi connectivity index (χ0v) is 14.5. The molecule has 2 N–H and O–H groups in total. The van der Waals surface area contributed by atoms with Gasteiger partial charge >= 0.3 is 0 Å². The molecule has 1 aliphatic heterocycles. The van der Waals surface area contributed by atoms with E-state index in [1.807, 2.05) is 0 Å². The van der Waals surface area contributed by atoms with Gasteiger partial charge in [-0.3, -0.25) is 14.4 Å². The van der Waals surface area contributed by atoms with Crippen LogP contribution >= 0.6 is 0 Å². The summed E-state index contributed by atoms with van der Waals surface area (Å²) in [7, 11) is 0. The van der Waals surface area contributed by atoms with E-state index >= 15 is 0 Å². The minimum atomic E-state index is -0.157. The van der Waals surface area contributed by atoms with Crippen LogP contribution in [0.4, 0.5) is 5.69 Å². The standard InChI is InChI=1S/C19H21N3O4/c1-13(23)20-15-6-4-14(5-7-15)18(24)21-16-8-10-22(11-9-16)19(25)17-3-2-12-26-17/h2-7,12,16H,8-11H2,1H3,(H,20,23)(H,21,24). The maximum atomic E-state index is 12.4. The van der Waals surface area contributed by atoms with Crippen molar-refractivity contribution in [3.63, 3.8) is 0 Å². The van der Waals surface area contributed by atoms with Crippen molar-refractivity contribution in [2.75, 3.05) is 18.4 Å². The van der Waals surface area contributed by atoms with Gasteiger partial charge in [-0.25, -0.2) is 0 Å². The summed E-state index contributed by atoms with van der Waals surface area (Å²) in [6.45, 7) is 2.58. The number of carbonyl (C=O) groups excluding carboxylic acids is 3. The molecular formula is C19H21N3O4. The summed E-state index contributed by atoms with van der Waals surface area (Å²) in [5, 5.41) is 5.67. The molecule has 0 unspecified atom stereocenters. The number of furan rings is 1. The van der Waals surface area contributed by atoms with Crippen LogP contribution in [0.2, 0.25) is 0 Å². The highest BCUT2D eigenvalue weighted by atomic mass is 16.3. The number of carbonyl (C=O) groups is 3. The molecule has 0 radical (unpaired) electrons. The van der Waals surface area contributed by atoms with Crippen molar-refractivity contribution in [2.45, 2.75) is 25.8 Å². The zero-order valence-electron chi connectivity index (χ0n) is 14.5. The quantitative estimate of drug-likeness (QED) is 0.880. The van der Waals surface area contributed by atoms with E-state index < -0.39 is 0 Å². The third kappa shape index (κ3) is 4.30. The Hall–Kier alpha value is -3.09. The first kappa shape index (κ1) is 17.7. The molecule has 1 aromatic carbocycles. The summed E-state index contributed by atoms with van der Waals surface area (Å²) in [6, 6.07) is 10.1. The van der Waals surface area contributed by atoms with Crippen LogP contribution in [0.5, 0.6) is 0 Å². The van der Waals surface area contributed by atoms with Crippen molar-refractivity contribution in [2.24, 2.45) is 0 Å². The van der Waals surface area contributed by atoms with Crippen molar-refractivity contribution in [1.82, 2.24) is 10.2 Å². The van der Waals surface area contributed by atoms with Crippen LogP contribution in [0.15, 0.2) is 47.1 Å². The second-order valence-electron chi connectivity index (χ2n) is 6.28. The molecule has 1 aromatic heterocycles. The van der Waals surface area contributed by atoms with Crippen LogP contribution in [-0.2, 0) is 4.79 Å². The fraction of sp³-hybridized carbons (Fsp3) is 0.316. The maximum absolute atomic E-state index is 12.4. The summed E-state index contributed by atoms with van der Waals surface area (Å²) < 4.78 is 5.14. The van der Waals surface area contributed by atoms with Gasteiger partial charge in [-0.05, 0) is 49.2 Å². The number of amides is 3. The summed E-state index contributed by atoms with van der Waals surface area (Å²) in [4.78, 5) is 37.3. The predicted molar refractivity (Wildman–Crippen MR) is 95.8 cm³/mol. The number of benzene rings is 1. The number of hydrogen-bond donors (Lipinski definition) is 2. The number of likely N-dealkylation sites (tertiary alicyclic amines) is 1. The normalized spacial score (nSPS) is 14.7. The van der Waals surface area contributed by atoms with E-state index in [2.05, 4.69) is 10.6 Å². The molecular weight excluding hydrogens is 334 g/mol. The Morgan fingerprint density at radius 2 is 1.77 bits per heavy atom. The summed E-state index contributed by atoms with van der Waals surface area (Å²) in [6.07, 6.45) is 2.88. The Labute approximate surface area is 151 Å². The molecule has 3 amide bonds. The highest BCUT2D eigenvalue weighted by Crippen LogP contribution is 2.15. The Morgan fingerprint density at radius 3 is 2.35 bits per heavy atom. The highest BCUT2D eigenvalue weighted by molar-refractivity contribution is 5.95. The minimum absolute atomic E-state index is 0.0261. The van der Waals surface area contributed by atoms with Gasteiger partial charge < -0.3 is 20.0 Å². The van der Waals surface area contributed by atoms with Gasteiger partial charge in [0.2, 0.25) is 5.91 Å². The van der Waals surface area contributed by atoms with Gasteiger partial charge in [-0.2, -0.15) is 0 Å². The molecule has 2 heterocycles.